The minimum atomic E-state index is -0.193. The zero-order chi connectivity index (χ0) is 21.8. The number of hydrogen-bond acceptors (Lipinski definition) is 6. The summed E-state index contributed by atoms with van der Waals surface area (Å²) < 4.78 is 8.12. The zero-order valence-corrected chi connectivity index (χ0v) is 17.6. The molecule has 0 bridgehead atoms. The average molecular weight is 428 g/mol. The molecule has 2 aliphatic carbocycles. The fourth-order valence-electron chi connectivity index (χ4n) is 5.01. The van der Waals surface area contributed by atoms with Crippen LogP contribution in [0.25, 0.3) is 33.4 Å². The number of nitrogens with zero attached hydrogens (tertiary/aromatic N) is 3. The normalized spacial score (nSPS) is 20.7. The SMILES string of the molecule is Nc1ncc(-c2cnn(C3CCC(O)CC3)c2)c2cc(-c3ccc4c(c3)C(=O)CC4)oc12. The van der Waals surface area contributed by atoms with Crippen molar-refractivity contribution in [3.05, 3.63) is 54.0 Å². The number of Topliss-reactive ketones (excluding diaryl/α,β-unsaturated/α-hetero) is 1. The second kappa shape index (κ2) is 7.31. The van der Waals surface area contributed by atoms with Crippen LogP contribution in [0.15, 0.2) is 47.3 Å². The number of nitrogen functional groups attached to an aromatic ring is 1. The Morgan fingerprint density at radius 3 is 2.72 bits per heavy atom. The van der Waals surface area contributed by atoms with E-state index in [1.807, 2.05) is 41.3 Å². The number of carbonyl (C=O) groups is 1. The van der Waals surface area contributed by atoms with E-state index in [2.05, 4.69) is 10.1 Å². The number of rotatable bonds is 3. The van der Waals surface area contributed by atoms with E-state index in [4.69, 9.17) is 10.2 Å². The minimum absolute atomic E-state index is 0.183. The number of fused-ring (bicyclic) bond motifs is 2. The first kappa shape index (κ1) is 19.3. The maximum Gasteiger partial charge on any atom is 0.177 e. The van der Waals surface area contributed by atoms with Crippen LogP contribution in [0.4, 0.5) is 5.82 Å². The number of hydrogen-bond donors (Lipinski definition) is 2. The molecule has 0 saturated heterocycles. The molecule has 0 atom stereocenters. The summed E-state index contributed by atoms with van der Waals surface area (Å²) in [5.74, 6) is 1.18. The number of anilines is 1. The molecule has 3 heterocycles. The number of benzene rings is 1. The summed E-state index contributed by atoms with van der Waals surface area (Å²) in [6.45, 7) is 0. The van der Waals surface area contributed by atoms with E-state index < -0.39 is 0 Å². The molecule has 1 aromatic carbocycles. The Hall–Kier alpha value is -3.45. The molecule has 3 aromatic heterocycles. The average Bonchev–Trinajstić information content (AvgIpc) is 3.54. The third-order valence-electron chi connectivity index (χ3n) is 6.86. The van der Waals surface area contributed by atoms with Crippen LogP contribution in [0.3, 0.4) is 0 Å². The molecule has 0 spiro atoms. The monoisotopic (exact) mass is 428 g/mol. The Morgan fingerprint density at radius 1 is 1.03 bits per heavy atom. The number of aromatic nitrogens is 3. The lowest BCUT2D eigenvalue weighted by Gasteiger charge is -2.25. The van der Waals surface area contributed by atoms with Crippen molar-refractivity contribution in [1.82, 2.24) is 14.8 Å². The van der Waals surface area contributed by atoms with Gasteiger partial charge in [0.15, 0.2) is 17.2 Å². The summed E-state index contributed by atoms with van der Waals surface area (Å²) in [6.07, 6.45) is 10.3. The molecule has 7 nitrogen and oxygen atoms in total. The molecule has 1 saturated carbocycles. The standard InChI is InChI=1S/C25H24N4O3/c26-25-24-20(10-23(32-24)15-2-1-14-3-8-22(31)19(14)9-15)21(12-27-25)16-11-28-29(13-16)17-4-6-18(30)7-5-17/h1-2,9-13,17-18,30H,3-8H2,(H2,26,27). The van der Waals surface area contributed by atoms with Gasteiger partial charge in [-0.25, -0.2) is 4.98 Å². The van der Waals surface area contributed by atoms with Crippen molar-refractivity contribution >= 4 is 22.6 Å². The highest BCUT2D eigenvalue weighted by Gasteiger charge is 2.23. The highest BCUT2D eigenvalue weighted by atomic mass is 16.3. The highest BCUT2D eigenvalue weighted by molar-refractivity contribution is 6.03. The van der Waals surface area contributed by atoms with Crippen LogP contribution in [0.1, 0.15) is 54.1 Å². The third kappa shape index (κ3) is 3.12. The summed E-state index contributed by atoms with van der Waals surface area (Å²) in [7, 11) is 0. The molecule has 7 heteroatoms. The molecule has 6 rings (SSSR count). The summed E-state index contributed by atoms with van der Waals surface area (Å²) >= 11 is 0. The second-order valence-corrected chi connectivity index (χ2v) is 8.88. The first-order valence-corrected chi connectivity index (χ1v) is 11.1. The number of pyridine rings is 1. The van der Waals surface area contributed by atoms with Gasteiger partial charge in [-0.15, -0.1) is 0 Å². The first-order chi connectivity index (χ1) is 15.6. The number of carbonyl (C=O) groups excluding carboxylic acids is 1. The number of aliphatic hydroxyl groups excluding tert-OH is 1. The lowest BCUT2D eigenvalue weighted by Crippen LogP contribution is -2.21. The largest absolute Gasteiger partial charge is 0.452 e. The van der Waals surface area contributed by atoms with Crippen molar-refractivity contribution in [2.75, 3.05) is 5.73 Å². The summed E-state index contributed by atoms with van der Waals surface area (Å²) in [5, 5.41) is 15.2. The van der Waals surface area contributed by atoms with Gasteiger partial charge in [-0.1, -0.05) is 12.1 Å². The molecule has 0 amide bonds. The predicted molar refractivity (Wildman–Crippen MR) is 121 cm³/mol. The number of aliphatic hydroxyl groups is 1. The Kier molecular flexibility index (Phi) is 4.40. The Morgan fingerprint density at radius 2 is 1.88 bits per heavy atom. The summed E-state index contributed by atoms with van der Waals surface area (Å²) in [5.41, 5.74) is 11.3. The molecule has 0 unspecified atom stereocenters. The Bertz CT molecular complexity index is 1340. The molecule has 2 aliphatic rings. The number of aryl methyl sites for hydroxylation is 1. The van der Waals surface area contributed by atoms with E-state index in [0.717, 1.165) is 65.3 Å². The lowest BCUT2D eigenvalue weighted by atomic mass is 9.93. The molecule has 32 heavy (non-hydrogen) atoms. The van der Waals surface area contributed by atoms with Crippen LogP contribution in [0.5, 0.6) is 0 Å². The van der Waals surface area contributed by atoms with Crippen molar-refractivity contribution in [3.8, 4) is 22.5 Å². The van der Waals surface area contributed by atoms with Gasteiger partial charge in [-0.2, -0.15) is 5.10 Å². The van der Waals surface area contributed by atoms with Gasteiger partial charge in [0.2, 0.25) is 0 Å². The molecular weight excluding hydrogens is 404 g/mol. The molecular formula is C25H24N4O3. The van der Waals surface area contributed by atoms with Crippen LogP contribution in [0, 0.1) is 0 Å². The number of nitrogens with two attached hydrogens (primary N) is 1. The topological polar surface area (TPSA) is 107 Å². The second-order valence-electron chi connectivity index (χ2n) is 8.88. The Labute approximate surface area is 184 Å². The summed E-state index contributed by atoms with van der Waals surface area (Å²) in [6, 6.07) is 8.19. The highest BCUT2D eigenvalue weighted by Crippen LogP contribution is 2.38. The quantitative estimate of drug-likeness (QED) is 0.496. The molecule has 0 aliphatic heterocycles. The smallest absolute Gasteiger partial charge is 0.177 e. The van der Waals surface area contributed by atoms with Crippen LogP contribution in [-0.4, -0.2) is 31.8 Å². The molecule has 162 valence electrons. The van der Waals surface area contributed by atoms with Gasteiger partial charge < -0.3 is 15.3 Å². The fourth-order valence-corrected chi connectivity index (χ4v) is 5.01. The van der Waals surface area contributed by atoms with Gasteiger partial charge in [-0.3, -0.25) is 9.48 Å². The maximum absolute atomic E-state index is 12.2. The van der Waals surface area contributed by atoms with Gasteiger partial charge >= 0.3 is 0 Å². The van der Waals surface area contributed by atoms with Crippen LogP contribution in [0.2, 0.25) is 0 Å². The molecule has 0 radical (unpaired) electrons. The third-order valence-corrected chi connectivity index (χ3v) is 6.86. The van der Waals surface area contributed by atoms with E-state index in [-0.39, 0.29) is 11.9 Å². The lowest BCUT2D eigenvalue weighted by molar-refractivity contribution is 0.0994. The Balaban J connectivity index is 1.39. The van der Waals surface area contributed by atoms with Crippen molar-refractivity contribution < 1.29 is 14.3 Å². The first-order valence-electron chi connectivity index (χ1n) is 11.1. The minimum Gasteiger partial charge on any atom is -0.452 e. The molecule has 4 aromatic rings. The van der Waals surface area contributed by atoms with E-state index in [1.54, 1.807) is 6.20 Å². The van der Waals surface area contributed by atoms with Gasteiger partial charge in [-0.05, 0) is 49.8 Å². The van der Waals surface area contributed by atoms with Gasteiger partial charge in [0, 0.05) is 46.5 Å². The number of furan rings is 1. The number of ketones is 1. The summed E-state index contributed by atoms with van der Waals surface area (Å²) in [4.78, 5) is 16.5. The van der Waals surface area contributed by atoms with Gasteiger partial charge in [0.25, 0.3) is 0 Å². The van der Waals surface area contributed by atoms with Crippen molar-refractivity contribution in [3.63, 3.8) is 0 Å². The van der Waals surface area contributed by atoms with Crippen molar-refractivity contribution in [2.45, 2.75) is 50.7 Å². The van der Waals surface area contributed by atoms with Crippen molar-refractivity contribution in [2.24, 2.45) is 0 Å². The van der Waals surface area contributed by atoms with Crippen LogP contribution >= 0.6 is 0 Å². The van der Waals surface area contributed by atoms with Crippen LogP contribution < -0.4 is 5.73 Å². The predicted octanol–water partition coefficient (Wildman–Crippen LogP) is 4.55. The fraction of sp³-hybridized carbons (Fsp3) is 0.320. The van der Waals surface area contributed by atoms with E-state index in [9.17, 15) is 9.90 Å². The van der Waals surface area contributed by atoms with Gasteiger partial charge in [0.05, 0.1) is 18.3 Å². The van der Waals surface area contributed by atoms with Gasteiger partial charge in [0.1, 0.15) is 5.76 Å². The van der Waals surface area contributed by atoms with Crippen molar-refractivity contribution in [1.29, 1.82) is 0 Å². The van der Waals surface area contributed by atoms with Crippen LogP contribution in [-0.2, 0) is 6.42 Å². The van der Waals surface area contributed by atoms with E-state index in [0.29, 0.717) is 29.6 Å². The van der Waals surface area contributed by atoms with E-state index in [1.165, 1.54) is 0 Å². The molecule has 3 N–H and O–H groups in total. The van der Waals surface area contributed by atoms with E-state index >= 15 is 0 Å². The molecule has 1 fully saturated rings. The maximum atomic E-state index is 12.2. The zero-order valence-electron chi connectivity index (χ0n) is 17.6.